The summed E-state index contributed by atoms with van der Waals surface area (Å²) in [6, 6.07) is 10.5. The van der Waals surface area contributed by atoms with Gasteiger partial charge in [-0.3, -0.25) is 0 Å². The number of nitrogens with zero attached hydrogens (tertiary/aromatic N) is 1. The third-order valence-corrected chi connectivity index (χ3v) is 5.36. The summed E-state index contributed by atoms with van der Waals surface area (Å²) in [5, 5.41) is 7.32. The van der Waals surface area contributed by atoms with Crippen LogP contribution in [0.25, 0.3) is 0 Å². The van der Waals surface area contributed by atoms with Gasteiger partial charge in [0.25, 0.3) is 0 Å². The Morgan fingerprint density at radius 3 is 2.87 bits per heavy atom. The van der Waals surface area contributed by atoms with E-state index in [2.05, 4.69) is 45.5 Å². The average Bonchev–Trinajstić information content (AvgIpc) is 2.72. The first-order valence-corrected chi connectivity index (χ1v) is 10.7. The Labute approximate surface area is 193 Å². The summed E-state index contributed by atoms with van der Waals surface area (Å²) in [7, 11) is 0. The smallest absolute Gasteiger partial charge is 0.202 e. The van der Waals surface area contributed by atoms with Crippen molar-refractivity contribution in [2.24, 2.45) is 16.6 Å². The fourth-order valence-electron chi connectivity index (χ4n) is 3.06. The molecule has 1 atom stereocenters. The van der Waals surface area contributed by atoms with Crippen molar-refractivity contribution >= 4 is 33.4 Å². The third-order valence-electron chi connectivity index (χ3n) is 4.57. The molecule has 0 amide bonds. The van der Waals surface area contributed by atoms with Crippen LogP contribution in [0.4, 0.5) is 4.39 Å². The van der Waals surface area contributed by atoms with Gasteiger partial charge < -0.3 is 26.4 Å². The molecule has 0 aliphatic carbocycles. The fraction of sp³-hybridized carbons (Fsp3) is 0.227. The van der Waals surface area contributed by atoms with E-state index < -0.39 is 5.82 Å². The number of nitrogens with one attached hydrogen (secondary N) is 1. The van der Waals surface area contributed by atoms with Crippen molar-refractivity contribution in [3.8, 4) is 5.75 Å². The molecule has 0 saturated carbocycles. The SMILES string of the molecule is C/C(N)=C/C(C1=NOCC(Cc2ccc(Br)cc2C)N1)=C(\N)Oc1cccc(Cl)c1F. The van der Waals surface area contributed by atoms with Crippen molar-refractivity contribution in [2.75, 3.05) is 6.61 Å². The van der Waals surface area contributed by atoms with E-state index in [-0.39, 0.29) is 22.7 Å². The van der Waals surface area contributed by atoms with Crippen molar-refractivity contribution in [3.05, 3.63) is 86.1 Å². The molecule has 0 saturated heterocycles. The molecule has 0 radical (unpaired) electrons. The Bertz CT molecular complexity index is 1070. The number of halogens is 3. The minimum absolute atomic E-state index is 0.0652. The molecule has 0 aromatic heterocycles. The molecule has 1 aliphatic heterocycles. The summed E-state index contributed by atoms with van der Waals surface area (Å²) in [6.07, 6.45) is 2.29. The van der Waals surface area contributed by atoms with Crippen LogP contribution in [0.5, 0.6) is 5.75 Å². The second kappa shape index (κ2) is 10.1. The lowest BCUT2D eigenvalue weighted by Gasteiger charge is -2.25. The molecule has 1 heterocycles. The fourth-order valence-corrected chi connectivity index (χ4v) is 3.71. The molecule has 5 N–H and O–H groups in total. The topological polar surface area (TPSA) is 94.9 Å². The van der Waals surface area contributed by atoms with Gasteiger partial charge in [0, 0.05) is 10.2 Å². The van der Waals surface area contributed by atoms with Crippen molar-refractivity contribution in [1.29, 1.82) is 0 Å². The number of ether oxygens (including phenoxy) is 1. The zero-order valence-electron chi connectivity index (χ0n) is 17.1. The van der Waals surface area contributed by atoms with Crippen LogP contribution in [0.1, 0.15) is 18.1 Å². The van der Waals surface area contributed by atoms with Crippen LogP contribution in [-0.2, 0) is 11.3 Å². The highest BCUT2D eigenvalue weighted by Crippen LogP contribution is 2.26. The van der Waals surface area contributed by atoms with Crippen molar-refractivity contribution in [2.45, 2.75) is 26.3 Å². The minimum Gasteiger partial charge on any atom is -0.438 e. The molecular formula is C22H23BrClFN4O2. The Kier molecular flexibility index (Phi) is 7.46. The highest BCUT2D eigenvalue weighted by atomic mass is 79.9. The maximum absolute atomic E-state index is 14.3. The average molecular weight is 510 g/mol. The molecule has 164 valence electrons. The monoisotopic (exact) mass is 508 g/mol. The highest BCUT2D eigenvalue weighted by molar-refractivity contribution is 9.10. The zero-order valence-corrected chi connectivity index (χ0v) is 19.4. The molecule has 2 aromatic carbocycles. The largest absolute Gasteiger partial charge is 0.438 e. The van der Waals surface area contributed by atoms with Crippen LogP contribution in [0, 0.1) is 12.7 Å². The zero-order chi connectivity index (χ0) is 22.5. The minimum atomic E-state index is -0.710. The van der Waals surface area contributed by atoms with Gasteiger partial charge in [0.05, 0.1) is 16.6 Å². The molecule has 9 heteroatoms. The van der Waals surface area contributed by atoms with Gasteiger partial charge in [0.1, 0.15) is 6.61 Å². The summed E-state index contributed by atoms with van der Waals surface area (Å²) < 4.78 is 20.8. The number of aryl methyl sites for hydroxylation is 1. The van der Waals surface area contributed by atoms with E-state index in [9.17, 15) is 4.39 Å². The molecular weight excluding hydrogens is 487 g/mol. The maximum Gasteiger partial charge on any atom is 0.202 e. The number of hydrogen-bond acceptors (Lipinski definition) is 6. The molecule has 0 bridgehead atoms. The lowest BCUT2D eigenvalue weighted by Crippen LogP contribution is -2.44. The Hall–Kier alpha value is -2.71. The van der Waals surface area contributed by atoms with E-state index >= 15 is 0 Å². The van der Waals surface area contributed by atoms with Gasteiger partial charge >= 0.3 is 0 Å². The lowest BCUT2D eigenvalue weighted by atomic mass is 10.0. The second-order valence-electron chi connectivity index (χ2n) is 7.17. The lowest BCUT2D eigenvalue weighted by molar-refractivity contribution is 0.109. The number of amidine groups is 1. The molecule has 1 unspecified atom stereocenters. The molecule has 1 aliphatic rings. The number of allylic oxidation sites excluding steroid dienone is 1. The molecule has 3 rings (SSSR count). The third kappa shape index (κ3) is 5.92. The van der Waals surface area contributed by atoms with E-state index in [0.717, 1.165) is 10.0 Å². The molecule has 31 heavy (non-hydrogen) atoms. The summed E-state index contributed by atoms with van der Waals surface area (Å²) in [5.74, 6) is -0.569. The van der Waals surface area contributed by atoms with Gasteiger partial charge in [-0.1, -0.05) is 44.8 Å². The summed E-state index contributed by atoms with van der Waals surface area (Å²) in [4.78, 5) is 5.44. The Morgan fingerprint density at radius 2 is 2.16 bits per heavy atom. The number of benzene rings is 2. The van der Waals surface area contributed by atoms with E-state index in [1.54, 1.807) is 19.1 Å². The predicted octanol–water partition coefficient (Wildman–Crippen LogP) is 4.51. The van der Waals surface area contributed by atoms with Crippen LogP contribution in [-0.4, -0.2) is 18.5 Å². The molecule has 0 spiro atoms. The van der Waals surface area contributed by atoms with Gasteiger partial charge in [-0.05, 0) is 61.7 Å². The summed E-state index contributed by atoms with van der Waals surface area (Å²) in [5.41, 5.74) is 15.2. The molecule has 2 aromatic rings. The van der Waals surface area contributed by atoms with E-state index in [4.69, 9.17) is 32.6 Å². The van der Waals surface area contributed by atoms with Crippen LogP contribution in [0.15, 0.2) is 69.3 Å². The van der Waals surface area contributed by atoms with Crippen molar-refractivity contribution < 1.29 is 14.0 Å². The van der Waals surface area contributed by atoms with Crippen LogP contribution in [0.3, 0.4) is 0 Å². The van der Waals surface area contributed by atoms with Crippen LogP contribution < -0.4 is 21.5 Å². The summed E-state index contributed by atoms with van der Waals surface area (Å²) in [6.45, 7) is 4.12. The number of oxime groups is 1. The van der Waals surface area contributed by atoms with Crippen LogP contribution in [0.2, 0.25) is 5.02 Å². The van der Waals surface area contributed by atoms with Crippen molar-refractivity contribution in [1.82, 2.24) is 5.32 Å². The van der Waals surface area contributed by atoms with Crippen molar-refractivity contribution in [3.63, 3.8) is 0 Å². The first-order valence-electron chi connectivity index (χ1n) is 9.52. The first-order chi connectivity index (χ1) is 14.7. The normalized spacial score (nSPS) is 17.3. The number of rotatable bonds is 6. The quantitative estimate of drug-likeness (QED) is 0.393. The standard InChI is InChI=1S/C22H23BrClFN4O2/c1-12-8-15(23)7-6-14(12)10-16-11-30-29-22(28-16)17(9-13(2)26)21(27)31-19-5-3-4-18(24)20(19)25/h3-9,16H,10-11,26-27H2,1-2H3,(H,28,29)/b13-9-,21-17-. The van der Waals surface area contributed by atoms with Gasteiger partial charge in [-0.2, -0.15) is 0 Å². The second-order valence-corrected chi connectivity index (χ2v) is 8.50. The van der Waals surface area contributed by atoms with Gasteiger partial charge in [-0.15, -0.1) is 0 Å². The van der Waals surface area contributed by atoms with Gasteiger partial charge in [0.15, 0.2) is 17.4 Å². The van der Waals surface area contributed by atoms with Crippen LogP contribution >= 0.6 is 27.5 Å². The molecule has 0 fully saturated rings. The van der Waals surface area contributed by atoms with Gasteiger partial charge in [-0.25, -0.2) is 4.39 Å². The highest BCUT2D eigenvalue weighted by Gasteiger charge is 2.23. The van der Waals surface area contributed by atoms with Gasteiger partial charge in [0.2, 0.25) is 5.88 Å². The number of hydrogen-bond donors (Lipinski definition) is 3. The first kappa shape index (κ1) is 23.0. The molecule has 6 nitrogen and oxygen atoms in total. The Balaban J connectivity index is 1.86. The van der Waals surface area contributed by atoms with E-state index in [1.807, 2.05) is 6.07 Å². The number of nitrogens with two attached hydrogens (primary N) is 2. The predicted molar refractivity (Wildman–Crippen MR) is 124 cm³/mol. The van der Waals surface area contributed by atoms with E-state index in [1.165, 1.54) is 17.7 Å². The maximum atomic E-state index is 14.3. The Morgan fingerprint density at radius 1 is 1.39 bits per heavy atom. The van der Waals surface area contributed by atoms with E-state index in [0.29, 0.717) is 30.1 Å². The summed E-state index contributed by atoms with van der Waals surface area (Å²) >= 11 is 9.30.